The number of rotatable bonds is 5. The van der Waals surface area contributed by atoms with Gasteiger partial charge in [0, 0.05) is 13.5 Å². The summed E-state index contributed by atoms with van der Waals surface area (Å²) in [4.78, 5) is 0. The summed E-state index contributed by atoms with van der Waals surface area (Å²) in [6.45, 7) is 3.49. The van der Waals surface area contributed by atoms with E-state index >= 15 is 0 Å². The molecule has 0 bridgehead atoms. The van der Waals surface area contributed by atoms with E-state index in [9.17, 15) is 0 Å². The normalized spacial score (nSPS) is 10.9. The second kappa shape index (κ2) is 4.94. The van der Waals surface area contributed by atoms with Crippen molar-refractivity contribution in [2.45, 2.75) is 26.4 Å². The van der Waals surface area contributed by atoms with Gasteiger partial charge in [0.2, 0.25) is 0 Å². The summed E-state index contributed by atoms with van der Waals surface area (Å²) < 4.78 is 7.47. The minimum Gasteiger partial charge on any atom is -0.465 e. The van der Waals surface area contributed by atoms with E-state index in [1.165, 1.54) is 0 Å². The Kier molecular flexibility index (Phi) is 3.36. The first-order valence-corrected chi connectivity index (χ1v) is 5.40. The smallest absolute Gasteiger partial charge is 0.146 e. The first kappa shape index (κ1) is 10.9. The van der Waals surface area contributed by atoms with Gasteiger partial charge in [-0.05, 0) is 12.1 Å². The van der Waals surface area contributed by atoms with E-state index in [0.29, 0.717) is 13.1 Å². The molecule has 86 valence electrons. The summed E-state index contributed by atoms with van der Waals surface area (Å²) in [5.41, 5.74) is 0. The van der Waals surface area contributed by atoms with Crippen LogP contribution in [-0.4, -0.2) is 14.8 Å². The Balaban J connectivity index is 1.82. The number of aryl methyl sites for hydroxylation is 2. The van der Waals surface area contributed by atoms with Crippen molar-refractivity contribution in [1.82, 2.24) is 20.1 Å². The van der Waals surface area contributed by atoms with Crippen molar-refractivity contribution >= 4 is 0 Å². The first-order valence-electron chi connectivity index (χ1n) is 5.40. The van der Waals surface area contributed by atoms with Gasteiger partial charge in [-0.1, -0.05) is 6.92 Å². The van der Waals surface area contributed by atoms with Gasteiger partial charge in [0.1, 0.15) is 23.7 Å². The van der Waals surface area contributed by atoms with Gasteiger partial charge in [-0.15, -0.1) is 10.2 Å². The van der Waals surface area contributed by atoms with E-state index in [4.69, 9.17) is 4.42 Å². The van der Waals surface area contributed by atoms with Crippen LogP contribution in [0.1, 0.15) is 24.3 Å². The van der Waals surface area contributed by atoms with Gasteiger partial charge in [-0.3, -0.25) is 0 Å². The molecule has 2 aromatic rings. The molecule has 0 aliphatic heterocycles. The fourth-order valence-corrected chi connectivity index (χ4v) is 1.47. The van der Waals surface area contributed by atoms with Crippen LogP contribution in [0.4, 0.5) is 0 Å². The zero-order valence-corrected chi connectivity index (χ0v) is 9.60. The number of nitrogens with one attached hydrogen (secondary N) is 1. The molecule has 0 unspecified atom stereocenters. The molecule has 2 aromatic heterocycles. The van der Waals surface area contributed by atoms with Crippen molar-refractivity contribution in [3.63, 3.8) is 0 Å². The molecule has 1 N–H and O–H groups in total. The fraction of sp³-hybridized carbons (Fsp3) is 0.455. The Labute approximate surface area is 94.5 Å². The molecule has 0 fully saturated rings. The van der Waals surface area contributed by atoms with Gasteiger partial charge in [-0.2, -0.15) is 0 Å². The van der Waals surface area contributed by atoms with Crippen LogP contribution in [0.25, 0.3) is 0 Å². The Morgan fingerprint density at radius 3 is 2.75 bits per heavy atom. The van der Waals surface area contributed by atoms with E-state index in [1.807, 2.05) is 23.7 Å². The molecule has 0 aromatic carbocycles. The van der Waals surface area contributed by atoms with Crippen molar-refractivity contribution in [3.8, 4) is 0 Å². The standard InChI is InChI=1S/C11H16N4O/c1-3-9-4-5-10(16-9)6-12-7-11-14-13-8-15(11)2/h4-5,8,12H,3,6-7H2,1-2H3. The van der Waals surface area contributed by atoms with Crippen LogP contribution in [0.5, 0.6) is 0 Å². The summed E-state index contributed by atoms with van der Waals surface area (Å²) in [7, 11) is 1.93. The van der Waals surface area contributed by atoms with E-state index in [2.05, 4.69) is 22.4 Å². The lowest BCUT2D eigenvalue weighted by atomic mass is 10.3. The molecule has 2 heterocycles. The maximum atomic E-state index is 5.58. The lowest BCUT2D eigenvalue weighted by Gasteiger charge is -2.01. The van der Waals surface area contributed by atoms with E-state index in [0.717, 1.165) is 23.8 Å². The molecule has 0 saturated carbocycles. The Bertz CT molecular complexity index is 446. The monoisotopic (exact) mass is 220 g/mol. The fourth-order valence-electron chi connectivity index (χ4n) is 1.47. The summed E-state index contributed by atoms with van der Waals surface area (Å²) in [6.07, 6.45) is 2.63. The minimum atomic E-state index is 0.693. The quantitative estimate of drug-likeness (QED) is 0.824. The lowest BCUT2D eigenvalue weighted by Crippen LogP contribution is -2.15. The molecule has 0 atom stereocenters. The molecular formula is C11H16N4O. The number of furan rings is 1. The molecule has 2 rings (SSSR count). The molecule has 0 radical (unpaired) electrons. The van der Waals surface area contributed by atoms with Gasteiger partial charge in [0.25, 0.3) is 0 Å². The van der Waals surface area contributed by atoms with E-state index in [1.54, 1.807) is 6.33 Å². The lowest BCUT2D eigenvalue weighted by molar-refractivity contribution is 0.447. The molecular weight excluding hydrogens is 204 g/mol. The molecule has 0 saturated heterocycles. The summed E-state index contributed by atoms with van der Waals surface area (Å²) in [5, 5.41) is 11.1. The first-order chi connectivity index (χ1) is 7.79. The maximum Gasteiger partial charge on any atom is 0.146 e. The van der Waals surface area contributed by atoms with Crippen molar-refractivity contribution < 1.29 is 4.42 Å². The van der Waals surface area contributed by atoms with Crippen LogP contribution in [0.15, 0.2) is 22.9 Å². The van der Waals surface area contributed by atoms with E-state index in [-0.39, 0.29) is 0 Å². The van der Waals surface area contributed by atoms with Crippen molar-refractivity contribution in [2.24, 2.45) is 7.05 Å². The Morgan fingerprint density at radius 2 is 2.12 bits per heavy atom. The highest BCUT2D eigenvalue weighted by atomic mass is 16.3. The highest BCUT2D eigenvalue weighted by Crippen LogP contribution is 2.07. The Morgan fingerprint density at radius 1 is 1.31 bits per heavy atom. The molecule has 0 aliphatic carbocycles. The molecule has 0 aliphatic rings. The van der Waals surface area contributed by atoms with Gasteiger partial charge < -0.3 is 14.3 Å². The third kappa shape index (κ3) is 2.49. The molecule has 16 heavy (non-hydrogen) atoms. The van der Waals surface area contributed by atoms with Crippen molar-refractivity contribution in [3.05, 3.63) is 35.8 Å². The zero-order chi connectivity index (χ0) is 11.4. The highest BCUT2D eigenvalue weighted by molar-refractivity contribution is 5.06. The van der Waals surface area contributed by atoms with Gasteiger partial charge in [0.15, 0.2) is 0 Å². The van der Waals surface area contributed by atoms with Crippen LogP contribution in [0, 0.1) is 0 Å². The van der Waals surface area contributed by atoms with Crippen LogP contribution in [0.2, 0.25) is 0 Å². The van der Waals surface area contributed by atoms with Crippen molar-refractivity contribution in [1.29, 1.82) is 0 Å². The molecule has 0 amide bonds. The number of aromatic nitrogens is 3. The van der Waals surface area contributed by atoms with Crippen LogP contribution in [0.3, 0.4) is 0 Å². The third-order valence-corrected chi connectivity index (χ3v) is 2.45. The van der Waals surface area contributed by atoms with Crippen LogP contribution < -0.4 is 5.32 Å². The second-order valence-corrected chi connectivity index (χ2v) is 3.68. The van der Waals surface area contributed by atoms with Gasteiger partial charge in [0.05, 0.1) is 13.1 Å². The number of hydrogen-bond donors (Lipinski definition) is 1. The zero-order valence-electron chi connectivity index (χ0n) is 9.60. The minimum absolute atomic E-state index is 0.693. The van der Waals surface area contributed by atoms with E-state index < -0.39 is 0 Å². The third-order valence-electron chi connectivity index (χ3n) is 2.45. The molecule has 5 heteroatoms. The number of hydrogen-bond acceptors (Lipinski definition) is 4. The maximum absolute atomic E-state index is 5.58. The van der Waals surface area contributed by atoms with Gasteiger partial charge in [-0.25, -0.2) is 0 Å². The predicted octanol–water partition coefficient (Wildman–Crippen LogP) is 1.26. The SMILES string of the molecule is CCc1ccc(CNCc2nncn2C)o1. The average Bonchev–Trinajstić information content (AvgIpc) is 2.89. The topological polar surface area (TPSA) is 55.9 Å². The molecule has 0 spiro atoms. The summed E-state index contributed by atoms with van der Waals surface area (Å²) in [6, 6.07) is 4.02. The average molecular weight is 220 g/mol. The van der Waals surface area contributed by atoms with Crippen LogP contribution in [-0.2, 0) is 26.6 Å². The van der Waals surface area contributed by atoms with Gasteiger partial charge >= 0.3 is 0 Å². The highest BCUT2D eigenvalue weighted by Gasteiger charge is 2.02. The second-order valence-electron chi connectivity index (χ2n) is 3.68. The van der Waals surface area contributed by atoms with Crippen molar-refractivity contribution in [2.75, 3.05) is 0 Å². The Hall–Kier alpha value is -1.62. The molecule has 5 nitrogen and oxygen atoms in total. The van der Waals surface area contributed by atoms with Crippen LogP contribution >= 0.6 is 0 Å². The summed E-state index contributed by atoms with van der Waals surface area (Å²) in [5.74, 6) is 2.90. The predicted molar refractivity (Wildman–Crippen MR) is 59.6 cm³/mol. The summed E-state index contributed by atoms with van der Waals surface area (Å²) >= 11 is 0. The largest absolute Gasteiger partial charge is 0.465 e. The number of nitrogens with zero attached hydrogens (tertiary/aromatic N) is 3.